The summed E-state index contributed by atoms with van der Waals surface area (Å²) < 4.78 is 27.1. The molecule has 7 heteroatoms. The average molecular weight is 317 g/mol. The highest BCUT2D eigenvalue weighted by atomic mass is 32.2. The third-order valence-electron chi connectivity index (χ3n) is 2.66. The van der Waals surface area contributed by atoms with Gasteiger partial charge in [0.2, 0.25) is 10.0 Å². The number of thiophene rings is 2. The summed E-state index contributed by atoms with van der Waals surface area (Å²) in [4.78, 5) is 2.75. The molecule has 0 aliphatic carbocycles. The topological polar surface area (TPSA) is 66.4 Å². The maximum absolute atomic E-state index is 12.3. The maximum atomic E-state index is 12.3. The second kappa shape index (κ2) is 5.72. The third-order valence-corrected chi connectivity index (χ3v) is 6.50. The van der Waals surface area contributed by atoms with Gasteiger partial charge >= 0.3 is 0 Å². The molecular formula is C12H15NO3S3. The molecule has 104 valence electrons. The highest BCUT2D eigenvalue weighted by Crippen LogP contribution is 2.26. The largest absolute Gasteiger partial charge is 0.391 e. The lowest BCUT2D eigenvalue weighted by atomic mass is 10.3. The molecule has 19 heavy (non-hydrogen) atoms. The molecule has 2 rings (SSSR count). The third kappa shape index (κ3) is 3.24. The van der Waals surface area contributed by atoms with Crippen molar-refractivity contribution in [1.29, 1.82) is 0 Å². The molecular weight excluding hydrogens is 302 g/mol. The fraction of sp³-hybridized carbons (Fsp3) is 0.333. The van der Waals surface area contributed by atoms with Gasteiger partial charge in [0, 0.05) is 14.6 Å². The number of rotatable bonds is 5. The fourth-order valence-electron chi connectivity index (χ4n) is 1.72. The zero-order chi connectivity index (χ0) is 14.0. The van der Waals surface area contributed by atoms with Crippen molar-refractivity contribution in [3.63, 3.8) is 0 Å². The van der Waals surface area contributed by atoms with Crippen LogP contribution in [0.5, 0.6) is 0 Å². The van der Waals surface area contributed by atoms with Crippen LogP contribution in [0.25, 0.3) is 0 Å². The van der Waals surface area contributed by atoms with Crippen molar-refractivity contribution in [1.82, 2.24) is 4.72 Å². The van der Waals surface area contributed by atoms with E-state index in [1.807, 2.05) is 26.0 Å². The summed E-state index contributed by atoms with van der Waals surface area (Å²) in [6.07, 6.45) is 0. The van der Waals surface area contributed by atoms with Crippen molar-refractivity contribution in [2.75, 3.05) is 0 Å². The van der Waals surface area contributed by atoms with E-state index in [1.165, 1.54) is 17.4 Å². The van der Waals surface area contributed by atoms with Crippen LogP contribution in [-0.2, 0) is 16.6 Å². The van der Waals surface area contributed by atoms with Gasteiger partial charge in [-0.05, 0) is 37.4 Å². The van der Waals surface area contributed by atoms with Gasteiger partial charge in [0.25, 0.3) is 0 Å². The van der Waals surface area contributed by atoms with E-state index >= 15 is 0 Å². The summed E-state index contributed by atoms with van der Waals surface area (Å²) in [6.45, 7) is 3.53. The normalized spacial score (nSPS) is 13.6. The Hall–Kier alpha value is -0.730. The molecule has 0 aliphatic rings. The van der Waals surface area contributed by atoms with Gasteiger partial charge in [-0.1, -0.05) is 0 Å². The van der Waals surface area contributed by atoms with Gasteiger partial charge < -0.3 is 5.11 Å². The Kier molecular flexibility index (Phi) is 4.42. The molecule has 0 bridgehead atoms. The van der Waals surface area contributed by atoms with Gasteiger partial charge in [-0.25, -0.2) is 13.1 Å². The second-order valence-corrected chi connectivity index (χ2v) is 8.16. The molecule has 0 amide bonds. The number of aliphatic hydroxyl groups is 1. The highest BCUT2D eigenvalue weighted by Gasteiger charge is 2.22. The summed E-state index contributed by atoms with van der Waals surface area (Å²) >= 11 is 2.81. The molecule has 0 radical (unpaired) electrons. The zero-order valence-electron chi connectivity index (χ0n) is 10.6. The minimum Gasteiger partial charge on any atom is -0.391 e. The number of hydrogen-bond acceptors (Lipinski definition) is 5. The van der Waals surface area contributed by atoms with Crippen LogP contribution < -0.4 is 4.72 Å². The van der Waals surface area contributed by atoms with Crippen LogP contribution in [0.2, 0.25) is 0 Å². The average Bonchev–Trinajstić information content (AvgIpc) is 2.96. The molecule has 0 saturated heterocycles. The Morgan fingerprint density at radius 2 is 2.11 bits per heavy atom. The van der Waals surface area contributed by atoms with Crippen LogP contribution in [0.3, 0.4) is 0 Å². The number of hydrogen-bond donors (Lipinski definition) is 2. The van der Waals surface area contributed by atoms with Crippen molar-refractivity contribution in [3.8, 4) is 0 Å². The van der Waals surface area contributed by atoms with Crippen molar-refractivity contribution in [2.45, 2.75) is 31.4 Å². The predicted molar refractivity (Wildman–Crippen MR) is 78.0 cm³/mol. The Balaban J connectivity index is 2.22. The van der Waals surface area contributed by atoms with E-state index in [9.17, 15) is 8.42 Å². The quantitative estimate of drug-likeness (QED) is 0.891. The first-order chi connectivity index (χ1) is 8.94. The summed E-state index contributed by atoms with van der Waals surface area (Å²) in [5.41, 5.74) is 0. The van der Waals surface area contributed by atoms with Gasteiger partial charge in [-0.2, -0.15) is 0 Å². The van der Waals surface area contributed by atoms with Gasteiger partial charge in [-0.3, -0.25) is 0 Å². The molecule has 1 atom stereocenters. The van der Waals surface area contributed by atoms with Crippen molar-refractivity contribution < 1.29 is 13.5 Å². The molecule has 0 spiro atoms. The van der Waals surface area contributed by atoms with E-state index in [4.69, 9.17) is 5.11 Å². The second-order valence-electron chi connectivity index (χ2n) is 4.16. The lowest BCUT2D eigenvalue weighted by Crippen LogP contribution is -2.26. The summed E-state index contributed by atoms with van der Waals surface area (Å²) in [5.74, 6) is 0. The van der Waals surface area contributed by atoms with E-state index in [1.54, 1.807) is 16.7 Å². The Labute approximate surface area is 120 Å². The Morgan fingerprint density at radius 1 is 1.37 bits per heavy atom. The molecule has 2 N–H and O–H groups in total. The van der Waals surface area contributed by atoms with Crippen molar-refractivity contribution in [2.24, 2.45) is 0 Å². The summed E-state index contributed by atoms with van der Waals surface area (Å²) in [6, 6.07) is 5.13. The number of aliphatic hydroxyl groups excluding tert-OH is 1. The maximum Gasteiger partial charge on any atom is 0.242 e. The SMILES string of the molecule is Cc1ccc(C(C)NS(=O)(=O)c2ccsc2CO)s1. The van der Waals surface area contributed by atoms with Gasteiger partial charge in [-0.15, -0.1) is 22.7 Å². The van der Waals surface area contributed by atoms with E-state index in [2.05, 4.69) is 4.72 Å². The van der Waals surface area contributed by atoms with Crippen LogP contribution in [0.15, 0.2) is 28.5 Å². The Bertz CT molecular complexity index is 657. The molecule has 4 nitrogen and oxygen atoms in total. The molecule has 2 heterocycles. The van der Waals surface area contributed by atoms with Crippen molar-refractivity contribution >= 4 is 32.7 Å². The van der Waals surface area contributed by atoms with E-state index < -0.39 is 10.0 Å². The van der Waals surface area contributed by atoms with Crippen LogP contribution in [0.4, 0.5) is 0 Å². The monoisotopic (exact) mass is 317 g/mol. The zero-order valence-corrected chi connectivity index (χ0v) is 13.0. The smallest absolute Gasteiger partial charge is 0.242 e. The first-order valence-corrected chi connectivity index (χ1v) is 8.88. The van der Waals surface area contributed by atoms with Crippen LogP contribution in [0.1, 0.15) is 27.6 Å². The minimum atomic E-state index is -3.59. The van der Waals surface area contributed by atoms with Gasteiger partial charge in [0.15, 0.2) is 0 Å². The van der Waals surface area contributed by atoms with Gasteiger partial charge in [0.05, 0.1) is 17.5 Å². The number of nitrogens with one attached hydrogen (secondary N) is 1. The molecule has 0 aromatic carbocycles. The lowest BCUT2D eigenvalue weighted by Gasteiger charge is -2.12. The van der Waals surface area contributed by atoms with E-state index in [0.29, 0.717) is 4.88 Å². The molecule has 0 fully saturated rings. The first kappa shape index (κ1) is 14.7. The molecule has 1 unspecified atom stereocenters. The molecule has 0 aliphatic heterocycles. The molecule has 2 aromatic rings. The lowest BCUT2D eigenvalue weighted by molar-refractivity contribution is 0.282. The number of sulfonamides is 1. The van der Waals surface area contributed by atoms with Gasteiger partial charge in [0.1, 0.15) is 0 Å². The summed E-state index contributed by atoms with van der Waals surface area (Å²) in [7, 11) is -3.59. The fourth-order valence-corrected chi connectivity index (χ4v) is 5.20. The first-order valence-electron chi connectivity index (χ1n) is 5.70. The highest BCUT2D eigenvalue weighted by molar-refractivity contribution is 7.89. The van der Waals surface area contributed by atoms with Crippen LogP contribution in [0, 0.1) is 6.92 Å². The van der Waals surface area contributed by atoms with Crippen LogP contribution in [-0.4, -0.2) is 13.5 Å². The van der Waals surface area contributed by atoms with E-state index in [-0.39, 0.29) is 17.5 Å². The van der Waals surface area contributed by atoms with Crippen molar-refractivity contribution in [3.05, 3.63) is 38.2 Å². The Morgan fingerprint density at radius 3 is 2.68 bits per heavy atom. The van der Waals surface area contributed by atoms with Crippen LogP contribution >= 0.6 is 22.7 Å². The summed E-state index contributed by atoms with van der Waals surface area (Å²) in [5, 5.41) is 10.8. The molecule has 0 saturated carbocycles. The molecule has 2 aromatic heterocycles. The standard InChI is InChI=1S/C12H15NO3S3/c1-8-3-4-10(18-8)9(2)13-19(15,16)12-5-6-17-11(12)7-14/h3-6,9,13-14H,7H2,1-2H3. The van der Waals surface area contributed by atoms with E-state index in [0.717, 1.165) is 9.75 Å². The number of aryl methyl sites for hydroxylation is 1. The predicted octanol–water partition coefficient (Wildman–Crippen LogP) is 2.65. The minimum absolute atomic E-state index is 0.167.